The van der Waals surface area contributed by atoms with Gasteiger partial charge in [0.25, 0.3) is 0 Å². The van der Waals surface area contributed by atoms with Crippen LogP contribution < -0.4 is 0 Å². The zero-order valence-corrected chi connectivity index (χ0v) is 13.6. The van der Waals surface area contributed by atoms with Crippen LogP contribution in [-0.2, 0) is 12.8 Å². The summed E-state index contributed by atoms with van der Waals surface area (Å²) < 4.78 is 0.494. The average molecular weight is 310 g/mol. The summed E-state index contributed by atoms with van der Waals surface area (Å²) in [7, 11) is 0. The molecule has 5 heteroatoms. The van der Waals surface area contributed by atoms with Crippen molar-refractivity contribution in [1.82, 2.24) is 20.2 Å². The number of hydrogen-bond donors (Lipinski definition) is 2. The maximum Gasteiger partial charge on any atom is 0.213 e. The van der Waals surface area contributed by atoms with Gasteiger partial charge >= 0.3 is 0 Å². The van der Waals surface area contributed by atoms with Gasteiger partial charge in [0.1, 0.15) is 0 Å². The molecule has 0 radical (unpaired) electrons. The second-order valence-electron chi connectivity index (χ2n) is 6.04. The van der Waals surface area contributed by atoms with E-state index in [2.05, 4.69) is 41.2 Å². The number of rotatable bonds is 1. The summed E-state index contributed by atoms with van der Waals surface area (Å²) in [5, 5.41) is 7.22. The molecule has 1 aromatic carbocycles. The summed E-state index contributed by atoms with van der Waals surface area (Å²) in [6.07, 6.45) is 4.54. The summed E-state index contributed by atoms with van der Waals surface area (Å²) in [5.41, 5.74) is 7.36. The fraction of sp³-hybridized carbons (Fsp3) is 0.353. The Kier molecular flexibility index (Phi) is 3.11. The largest absolute Gasteiger partial charge is 0.282 e. The average Bonchev–Trinajstić information content (AvgIpc) is 2.95. The molecule has 3 aromatic rings. The highest BCUT2D eigenvalue weighted by Gasteiger charge is 2.21. The van der Waals surface area contributed by atoms with Gasteiger partial charge in [-0.2, -0.15) is 4.98 Å². The summed E-state index contributed by atoms with van der Waals surface area (Å²) >= 11 is 5.14. The third kappa shape index (κ3) is 2.00. The summed E-state index contributed by atoms with van der Waals surface area (Å²) in [5.74, 6) is 0.832. The molecule has 0 spiro atoms. The van der Waals surface area contributed by atoms with Crippen LogP contribution in [0.25, 0.3) is 22.3 Å². The lowest BCUT2D eigenvalue weighted by molar-refractivity contribution is 0.672. The number of aromatic nitrogens is 4. The van der Waals surface area contributed by atoms with Crippen LogP contribution in [0.2, 0.25) is 0 Å². The van der Waals surface area contributed by atoms with E-state index >= 15 is 0 Å². The molecule has 1 aliphatic carbocycles. The van der Waals surface area contributed by atoms with Gasteiger partial charge in [-0.05, 0) is 68.4 Å². The molecule has 2 aromatic heterocycles. The molecule has 0 atom stereocenters. The topological polar surface area (TPSA) is 57.4 Å². The third-order valence-corrected chi connectivity index (χ3v) is 4.89. The molecule has 1 aliphatic rings. The van der Waals surface area contributed by atoms with Gasteiger partial charge in [0.05, 0.1) is 5.52 Å². The molecule has 0 fully saturated rings. The van der Waals surface area contributed by atoms with Crippen molar-refractivity contribution in [3.8, 4) is 11.4 Å². The van der Waals surface area contributed by atoms with E-state index < -0.39 is 0 Å². The molecular weight excluding hydrogens is 292 g/mol. The van der Waals surface area contributed by atoms with E-state index in [1.54, 1.807) is 0 Å². The van der Waals surface area contributed by atoms with Crippen molar-refractivity contribution in [3.05, 3.63) is 39.3 Å². The summed E-state index contributed by atoms with van der Waals surface area (Å²) in [6.45, 7) is 4.29. The predicted molar refractivity (Wildman–Crippen MR) is 90.6 cm³/mol. The van der Waals surface area contributed by atoms with Gasteiger partial charge in [-0.1, -0.05) is 12.1 Å². The van der Waals surface area contributed by atoms with Crippen molar-refractivity contribution in [2.75, 3.05) is 0 Å². The minimum Gasteiger partial charge on any atom is -0.282 e. The van der Waals surface area contributed by atoms with E-state index in [1.165, 1.54) is 46.2 Å². The molecular formula is C17H18N4S. The van der Waals surface area contributed by atoms with Crippen LogP contribution in [0.15, 0.2) is 12.1 Å². The van der Waals surface area contributed by atoms with Crippen LogP contribution in [0.3, 0.4) is 0 Å². The van der Waals surface area contributed by atoms with Crippen molar-refractivity contribution in [1.29, 1.82) is 0 Å². The monoisotopic (exact) mass is 310 g/mol. The Bertz CT molecular complexity index is 936. The molecule has 22 heavy (non-hydrogen) atoms. The molecule has 112 valence electrons. The van der Waals surface area contributed by atoms with Crippen LogP contribution in [0, 0.1) is 18.6 Å². The Morgan fingerprint density at radius 3 is 2.64 bits per heavy atom. The molecule has 0 aliphatic heterocycles. The Labute approximate surface area is 134 Å². The Morgan fingerprint density at radius 1 is 1.05 bits per heavy atom. The lowest BCUT2D eigenvalue weighted by atomic mass is 9.88. The van der Waals surface area contributed by atoms with Gasteiger partial charge in [-0.15, -0.1) is 0 Å². The van der Waals surface area contributed by atoms with E-state index in [4.69, 9.17) is 17.2 Å². The first kappa shape index (κ1) is 13.6. The highest BCUT2D eigenvalue weighted by Crippen LogP contribution is 2.36. The van der Waals surface area contributed by atoms with E-state index in [0.717, 1.165) is 24.2 Å². The molecule has 2 N–H and O–H groups in total. The van der Waals surface area contributed by atoms with Gasteiger partial charge in [0.2, 0.25) is 4.77 Å². The van der Waals surface area contributed by atoms with Crippen molar-refractivity contribution in [2.24, 2.45) is 0 Å². The predicted octanol–water partition coefficient (Wildman–Crippen LogP) is 4.18. The number of H-pyrrole nitrogens is 2. The summed E-state index contributed by atoms with van der Waals surface area (Å²) in [6, 6.07) is 4.33. The normalized spacial score (nSPS) is 14.3. The molecule has 4 nitrogen and oxygen atoms in total. The quantitative estimate of drug-likeness (QED) is 0.663. The minimum absolute atomic E-state index is 0.494. The molecule has 0 bridgehead atoms. The lowest BCUT2D eigenvalue weighted by Crippen LogP contribution is -2.09. The fourth-order valence-corrected chi connectivity index (χ4v) is 3.53. The molecule has 0 saturated carbocycles. The van der Waals surface area contributed by atoms with E-state index in [-0.39, 0.29) is 0 Å². The second-order valence-corrected chi connectivity index (χ2v) is 6.43. The van der Waals surface area contributed by atoms with Gasteiger partial charge in [-0.25, -0.2) is 0 Å². The van der Waals surface area contributed by atoms with Gasteiger partial charge < -0.3 is 0 Å². The molecule has 0 saturated heterocycles. The smallest absolute Gasteiger partial charge is 0.213 e. The highest BCUT2D eigenvalue weighted by molar-refractivity contribution is 7.71. The number of hydrogen-bond acceptors (Lipinski definition) is 3. The Morgan fingerprint density at radius 2 is 1.86 bits per heavy atom. The number of fused-ring (bicyclic) bond motifs is 2. The van der Waals surface area contributed by atoms with Crippen molar-refractivity contribution in [2.45, 2.75) is 39.5 Å². The first-order valence-corrected chi connectivity index (χ1v) is 8.12. The Hall–Kier alpha value is -2.01. The number of nitrogens with zero attached hydrogens (tertiary/aromatic N) is 2. The minimum atomic E-state index is 0.494. The van der Waals surface area contributed by atoms with E-state index in [1.807, 2.05) is 0 Å². The number of pyridine rings is 1. The van der Waals surface area contributed by atoms with Gasteiger partial charge in [0, 0.05) is 16.6 Å². The maximum absolute atomic E-state index is 5.14. The van der Waals surface area contributed by atoms with Gasteiger partial charge in [0.15, 0.2) is 5.82 Å². The van der Waals surface area contributed by atoms with Crippen molar-refractivity contribution < 1.29 is 0 Å². The van der Waals surface area contributed by atoms with Crippen LogP contribution >= 0.6 is 12.2 Å². The molecule has 2 heterocycles. The highest BCUT2D eigenvalue weighted by atomic mass is 32.1. The van der Waals surface area contributed by atoms with Crippen LogP contribution in [0.1, 0.15) is 35.2 Å². The number of benzene rings is 1. The fourth-order valence-electron chi connectivity index (χ4n) is 3.39. The lowest BCUT2D eigenvalue weighted by Gasteiger charge is -2.20. The first-order valence-electron chi connectivity index (χ1n) is 7.72. The number of nitrogens with one attached hydrogen (secondary N) is 2. The van der Waals surface area contributed by atoms with E-state index in [9.17, 15) is 0 Å². The molecule has 0 unspecified atom stereocenters. The second kappa shape index (κ2) is 5.02. The van der Waals surface area contributed by atoms with E-state index in [0.29, 0.717) is 4.77 Å². The number of aryl methyl sites for hydroxylation is 3. The zero-order valence-electron chi connectivity index (χ0n) is 12.8. The Balaban J connectivity index is 2.15. The molecule has 0 amide bonds. The maximum atomic E-state index is 5.14. The van der Waals surface area contributed by atoms with Crippen LogP contribution in [-0.4, -0.2) is 20.2 Å². The third-order valence-electron chi connectivity index (χ3n) is 4.70. The van der Waals surface area contributed by atoms with Crippen molar-refractivity contribution >= 4 is 23.1 Å². The standard InChI is InChI=1S/C17H18N4S/c1-9-7-8-12-14(16-19-17(22)21-20-16)11-5-3-4-6-13(11)18-15(12)10(9)2/h7-8H,3-6H2,1-2H3,(H2,19,20,21,22). The first-order chi connectivity index (χ1) is 10.6. The molecule has 4 rings (SSSR count). The van der Waals surface area contributed by atoms with Crippen LogP contribution in [0.4, 0.5) is 0 Å². The summed E-state index contributed by atoms with van der Waals surface area (Å²) in [4.78, 5) is 9.46. The SMILES string of the molecule is Cc1ccc2c(-c3nc(=S)[nH][nH]3)c3c(nc2c1C)CCCC3. The van der Waals surface area contributed by atoms with Crippen LogP contribution in [0.5, 0.6) is 0 Å². The zero-order chi connectivity index (χ0) is 15.3. The van der Waals surface area contributed by atoms with Gasteiger partial charge in [-0.3, -0.25) is 15.2 Å². The van der Waals surface area contributed by atoms with Crippen molar-refractivity contribution in [3.63, 3.8) is 0 Å². The number of aromatic amines is 2.